The largest absolute Gasteiger partial charge is 0.465 e. The number of nitrogens with one attached hydrogen (secondary N) is 1. The molecule has 1 amide bonds. The van der Waals surface area contributed by atoms with Gasteiger partial charge in [-0.2, -0.15) is 5.26 Å². The predicted molar refractivity (Wildman–Crippen MR) is 68.8 cm³/mol. The molecule has 0 aliphatic heterocycles. The van der Waals surface area contributed by atoms with E-state index in [1.54, 1.807) is 13.8 Å². The molecule has 0 spiro atoms. The van der Waals surface area contributed by atoms with Crippen LogP contribution in [0, 0.1) is 17.2 Å². The Morgan fingerprint density at radius 2 is 2.17 bits per heavy atom. The molecule has 1 N–H and O–H groups in total. The lowest BCUT2D eigenvalue weighted by atomic mass is 9.98. The molecule has 100 valence electrons. The van der Waals surface area contributed by atoms with Crippen molar-refractivity contribution in [3.8, 4) is 6.07 Å². The summed E-state index contributed by atoms with van der Waals surface area (Å²) in [7, 11) is 0. The SMILES string of the molecule is CCOC(=O)CSCC(=O)N[C@@](C)(C#N)C1CC1. The second-order valence-electron chi connectivity index (χ2n) is 4.43. The smallest absolute Gasteiger partial charge is 0.315 e. The van der Waals surface area contributed by atoms with E-state index >= 15 is 0 Å². The summed E-state index contributed by atoms with van der Waals surface area (Å²) in [6.45, 7) is 3.83. The van der Waals surface area contributed by atoms with Crippen LogP contribution in [-0.4, -0.2) is 35.5 Å². The highest BCUT2D eigenvalue weighted by atomic mass is 32.2. The third kappa shape index (κ3) is 4.57. The summed E-state index contributed by atoms with van der Waals surface area (Å²) in [5.41, 5.74) is -0.762. The molecule has 0 unspecified atom stereocenters. The number of thioether (sulfide) groups is 1. The van der Waals surface area contributed by atoms with Gasteiger partial charge in [0.1, 0.15) is 5.54 Å². The topological polar surface area (TPSA) is 79.2 Å². The van der Waals surface area contributed by atoms with Gasteiger partial charge < -0.3 is 10.1 Å². The average Bonchev–Trinajstić information content (AvgIpc) is 3.13. The molecule has 0 aromatic rings. The molecule has 1 atom stereocenters. The van der Waals surface area contributed by atoms with Crippen molar-refractivity contribution in [2.24, 2.45) is 5.92 Å². The summed E-state index contributed by atoms with van der Waals surface area (Å²) in [5, 5.41) is 11.8. The molecule has 0 aromatic heterocycles. The summed E-state index contributed by atoms with van der Waals surface area (Å²) in [4.78, 5) is 22.7. The van der Waals surface area contributed by atoms with E-state index in [2.05, 4.69) is 11.4 Å². The number of rotatable bonds is 7. The number of hydrogen-bond acceptors (Lipinski definition) is 5. The van der Waals surface area contributed by atoms with Crippen molar-refractivity contribution >= 4 is 23.6 Å². The quantitative estimate of drug-likeness (QED) is 0.701. The van der Waals surface area contributed by atoms with Crippen molar-refractivity contribution < 1.29 is 14.3 Å². The molecule has 18 heavy (non-hydrogen) atoms. The number of nitriles is 1. The van der Waals surface area contributed by atoms with Gasteiger partial charge in [-0.15, -0.1) is 11.8 Å². The van der Waals surface area contributed by atoms with Gasteiger partial charge in [0.25, 0.3) is 0 Å². The minimum atomic E-state index is -0.762. The van der Waals surface area contributed by atoms with Crippen LogP contribution in [0.3, 0.4) is 0 Å². The Kier molecular flexibility index (Phi) is 5.48. The summed E-state index contributed by atoms with van der Waals surface area (Å²) < 4.78 is 4.75. The zero-order valence-electron chi connectivity index (χ0n) is 10.7. The highest BCUT2D eigenvalue weighted by molar-refractivity contribution is 8.00. The van der Waals surface area contributed by atoms with E-state index in [0.717, 1.165) is 12.8 Å². The Labute approximate surface area is 111 Å². The predicted octanol–water partition coefficient (Wildman–Crippen LogP) is 1.09. The van der Waals surface area contributed by atoms with Crippen LogP contribution in [0.15, 0.2) is 0 Å². The van der Waals surface area contributed by atoms with E-state index in [1.807, 2.05) is 0 Å². The van der Waals surface area contributed by atoms with Crippen LogP contribution in [0.5, 0.6) is 0 Å². The Balaban J connectivity index is 2.25. The number of nitrogens with zero attached hydrogens (tertiary/aromatic N) is 1. The molecule has 0 heterocycles. The molecule has 0 saturated heterocycles. The zero-order valence-corrected chi connectivity index (χ0v) is 11.5. The maximum Gasteiger partial charge on any atom is 0.315 e. The molecular formula is C12H18N2O3S. The highest BCUT2D eigenvalue weighted by Gasteiger charge is 2.42. The number of hydrogen-bond donors (Lipinski definition) is 1. The van der Waals surface area contributed by atoms with Gasteiger partial charge in [0.2, 0.25) is 5.91 Å². The lowest BCUT2D eigenvalue weighted by Crippen LogP contribution is -2.47. The molecule has 1 rings (SSSR count). The van der Waals surface area contributed by atoms with Crippen LogP contribution in [0.25, 0.3) is 0 Å². The first kappa shape index (κ1) is 14.8. The monoisotopic (exact) mass is 270 g/mol. The van der Waals surface area contributed by atoms with Gasteiger partial charge >= 0.3 is 5.97 Å². The normalized spacial score (nSPS) is 17.4. The van der Waals surface area contributed by atoms with Crippen molar-refractivity contribution in [1.82, 2.24) is 5.32 Å². The van der Waals surface area contributed by atoms with Crippen LogP contribution >= 0.6 is 11.8 Å². The minimum absolute atomic E-state index is 0.161. The first-order valence-electron chi connectivity index (χ1n) is 5.97. The summed E-state index contributed by atoms with van der Waals surface area (Å²) in [6.07, 6.45) is 1.97. The van der Waals surface area contributed by atoms with Gasteiger partial charge in [0, 0.05) is 0 Å². The average molecular weight is 270 g/mol. The summed E-state index contributed by atoms with van der Waals surface area (Å²) in [5.74, 6) is 0.0684. The second kappa shape index (κ2) is 6.64. The Hall–Kier alpha value is -1.22. The number of esters is 1. The van der Waals surface area contributed by atoms with E-state index in [4.69, 9.17) is 10.00 Å². The fourth-order valence-electron chi connectivity index (χ4n) is 1.64. The van der Waals surface area contributed by atoms with Crippen molar-refractivity contribution in [1.29, 1.82) is 5.26 Å². The summed E-state index contributed by atoms with van der Waals surface area (Å²) >= 11 is 1.20. The Morgan fingerprint density at radius 1 is 1.50 bits per heavy atom. The van der Waals surface area contributed by atoms with E-state index < -0.39 is 5.54 Å². The third-order valence-corrected chi connectivity index (χ3v) is 3.69. The number of amides is 1. The molecule has 1 aliphatic carbocycles. The first-order valence-corrected chi connectivity index (χ1v) is 7.13. The summed E-state index contributed by atoms with van der Waals surface area (Å²) in [6, 6.07) is 2.16. The molecule has 1 saturated carbocycles. The van der Waals surface area contributed by atoms with Crippen LogP contribution in [0.2, 0.25) is 0 Å². The highest BCUT2D eigenvalue weighted by Crippen LogP contribution is 2.39. The maximum absolute atomic E-state index is 11.7. The molecule has 1 aliphatic rings. The van der Waals surface area contributed by atoms with E-state index in [-0.39, 0.29) is 29.3 Å². The van der Waals surface area contributed by atoms with Crippen molar-refractivity contribution in [3.05, 3.63) is 0 Å². The number of ether oxygens (including phenoxy) is 1. The van der Waals surface area contributed by atoms with Gasteiger partial charge in [0.15, 0.2) is 0 Å². The third-order valence-electron chi connectivity index (χ3n) is 2.78. The molecule has 0 radical (unpaired) electrons. The number of carbonyl (C=O) groups excluding carboxylic acids is 2. The van der Waals surface area contributed by atoms with Crippen molar-refractivity contribution in [3.63, 3.8) is 0 Å². The molecule has 5 nitrogen and oxygen atoms in total. The van der Waals surface area contributed by atoms with Crippen molar-refractivity contribution in [2.45, 2.75) is 32.2 Å². The Bertz CT molecular complexity index is 363. The molecule has 0 bridgehead atoms. The molecule has 1 fully saturated rings. The van der Waals surface area contributed by atoms with Crippen LogP contribution in [-0.2, 0) is 14.3 Å². The standard InChI is InChI=1S/C12H18N2O3S/c1-3-17-11(16)7-18-6-10(15)14-12(2,8-13)9-4-5-9/h9H,3-7H2,1-2H3,(H,14,15)/t12-/m0/s1. The zero-order chi connectivity index (χ0) is 13.6. The van der Waals surface area contributed by atoms with Gasteiger partial charge in [0.05, 0.1) is 24.2 Å². The fourth-order valence-corrected chi connectivity index (χ4v) is 2.25. The second-order valence-corrected chi connectivity index (χ2v) is 5.42. The van der Waals surface area contributed by atoms with Crippen LogP contribution in [0.4, 0.5) is 0 Å². The van der Waals surface area contributed by atoms with Crippen LogP contribution in [0.1, 0.15) is 26.7 Å². The Morgan fingerprint density at radius 3 is 2.67 bits per heavy atom. The minimum Gasteiger partial charge on any atom is -0.465 e. The fraction of sp³-hybridized carbons (Fsp3) is 0.750. The van der Waals surface area contributed by atoms with Gasteiger partial charge in [-0.25, -0.2) is 0 Å². The molecule has 0 aromatic carbocycles. The maximum atomic E-state index is 11.7. The van der Waals surface area contributed by atoms with E-state index in [1.165, 1.54) is 11.8 Å². The molecular weight excluding hydrogens is 252 g/mol. The van der Waals surface area contributed by atoms with Crippen molar-refractivity contribution in [2.75, 3.05) is 18.1 Å². The first-order chi connectivity index (χ1) is 8.51. The van der Waals surface area contributed by atoms with Gasteiger partial charge in [-0.1, -0.05) is 0 Å². The lowest BCUT2D eigenvalue weighted by molar-refractivity contribution is -0.139. The lowest BCUT2D eigenvalue weighted by Gasteiger charge is -2.22. The van der Waals surface area contributed by atoms with Crippen LogP contribution < -0.4 is 5.32 Å². The van der Waals surface area contributed by atoms with Gasteiger partial charge in [-0.05, 0) is 32.6 Å². The number of carbonyl (C=O) groups is 2. The molecule has 6 heteroatoms. The van der Waals surface area contributed by atoms with E-state index in [9.17, 15) is 9.59 Å². The van der Waals surface area contributed by atoms with Gasteiger partial charge in [-0.3, -0.25) is 9.59 Å². The van der Waals surface area contributed by atoms with E-state index in [0.29, 0.717) is 6.61 Å².